The number of nitrogens with zero attached hydrogens (tertiary/aromatic N) is 1. The smallest absolute Gasteiger partial charge is 0.370 e. The van der Waals surface area contributed by atoms with Gasteiger partial charge in [0.2, 0.25) is 0 Å². The highest BCUT2D eigenvalue weighted by molar-refractivity contribution is 6.62. The third-order valence-electron chi connectivity index (χ3n) is 4.15. The molecule has 0 aliphatic heterocycles. The second-order valence-electron chi connectivity index (χ2n) is 5.84. The third-order valence-corrected chi connectivity index (χ3v) is 7.87. The van der Waals surface area contributed by atoms with Crippen LogP contribution in [0.3, 0.4) is 0 Å². The molecule has 0 fully saturated rings. The van der Waals surface area contributed by atoms with Crippen LogP contribution in [-0.2, 0) is 13.3 Å². The van der Waals surface area contributed by atoms with Crippen molar-refractivity contribution in [1.82, 2.24) is 0 Å². The summed E-state index contributed by atoms with van der Waals surface area (Å²) in [5.74, 6) is 0. The molecule has 1 atom stereocenters. The lowest BCUT2D eigenvalue weighted by Gasteiger charge is -2.48. The zero-order valence-electron chi connectivity index (χ0n) is 16.3. The fourth-order valence-corrected chi connectivity index (χ4v) is 7.12. The summed E-state index contributed by atoms with van der Waals surface area (Å²) in [7, 11) is -2.86. The molecule has 0 spiro atoms. The molecular weight excluding hydrogens is 318 g/mol. The molecule has 0 aromatic rings. The minimum Gasteiger partial charge on any atom is -0.370 e. The van der Waals surface area contributed by atoms with Crippen LogP contribution in [0, 0.1) is 0 Å². The Kier molecular flexibility index (Phi) is 12.2. The molecule has 0 N–H and O–H groups in total. The number of rotatable bonds is 16. The van der Waals surface area contributed by atoms with Crippen LogP contribution in [0.2, 0.25) is 0 Å². The van der Waals surface area contributed by atoms with Gasteiger partial charge in [-0.2, -0.15) is 0 Å². The van der Waals surface area contributed by atoms with E-state index in [0.717, 1.165) is 37.0 Å². The van der Waals surface area contributed by atoms with Gasteiger partial charge in [0, 0.05) is 26.2 Å². The molecule has 0 radical (unpaired) electrons. The standard InChI is InChI=1S/C19H38NO3Si/c1-8-15-19(20(16-9-2,17-10-3)18-11-4)24(21-12-5,22-13-6)23-14-7/h9-11,19H,2-4,8,12-18H2,1,5-7H3/q+1. The van der Waals surface area contributed by atoms with E-state index in [2.05, 4.69) is 26.7 Å². The lowest BCUT2D eigenvalue weighted by Crippen LogP contribution is -2.71. The van der Waals surface area contributed by atoms with Crippen LogP contribution in [0.4, 0.5) is 0 Å². The molecule has 0 aliphatic rings. The van der Waals surface area contributed by atoms with Gasteiger partial charge in [0.05, 0.1) is 19.6 Å². The minimum atomic E-state index is -2.86. The Hall–Kier alpha value is -0.723. The molecule has 5 heteroatoms. The summed E-state index contributed by atoms with van der Waals surface area (Å²) in [4.78, 5) is 0. The predicted molar refractivity (Wildman–Crippen MR) is 105 cm³/mol. The van der Waals surface area contributed by atoms with E-state index >= 15 is 0 Å². The van der Waals surface area contributed by atoms with Crippen molar-refractivity contribution >= 4 is 8.80 Å². The maximum absolute atomic E-state index is 6.25. The molecule has 0 saturated carbocycles. The molecule has 0 rings (SSSR count). The molecule has 0 heterocycles. The highest BCUT2D eigenvalue weighted by Gasteiger charge is 2.58. The van der Waals surface area contributed by atoms with Crippen molar-refractivity contribution in [3.63, 3.8) is 0 Å². The van der Waals surface area contributed by atoms with Gasteiger partial charge < -0.3 is 17.8 Å². The summed E-state index contributed by atoms with van der Waals surface area (Å²) in [6.07, 6.45) is 7.93. The maximum Gasteiger partial charge on any atom is 0.562 e. The van der Waals surface area contributed by atoms with E-state index in [9.17, 15) is 0 Å². The van der Waals surface area contributed by atoms with E-state index in [1.807, 2.05) is 39.0 Å². The molecule has 0 aliphatic carbocycles. The minimum absolute atomic E-state index is 0.136. The van der Waals surface area contributed by atoms with E-state index in [-0.39, 0.29) is 5.67 Å². The first-order chi connectivity index (χ1) is 11.6. The van der Waals surface area contributed by atoms with Gasteiger partial charge in [-0.05, 0) is 39.0 Å². The van der Waals surface area contributed by atoms with Crippen molar-refractivity contribution in [2.75, 3.05) is 39.5 Å². The Bertz CT molecular complexity index is 330. The van der Waals surface area contributed by atoms with Crippen LogP contribution in [0.5, 0.6) is 0 Å². The van der Waals surface area contributed by atoms with E-state index in [1.54, 1.807) is 0 Å². The molecule has 0 aromatic carbocycles. The fraction of sp³-hybridized carbons (Fsp3) is 0.684. The Balaban J connectivity index is 6.19. The first-order valence-electron chi connectivity index (χ1n) is 9.16. The van der Waals surface area contributed by atoms with Gasteiger partial charge >= 0.3 is 8.80 Å². The Morgan fingerprint density at radius 3 is 1.42 bits per heavy atom. The monoisotopic (exact) mass is 356 g/mol. The topological polar surface area (TPSA) is 27.7 Å². The van der Waals surface area contributed by atoms with Crippen molar-refractivity contribution in [2.24, 2.45) is 0 Å². The van der Waals surface area contributed by atoms with E-state index in [0.29, 0.717) is 19.8 Å². The van der Waals surface area contributed by atoms with Crippen LogP contribution in [0.1, 0.15) is 40.5 Å². The molecule has 1 unspecified atom stereocenters. The van der Waals surface area contributed by atoms with E-state index < -0.39 is 8.80 Å². The van der Waals surface area contributed by atoms with Crippen LogP contribution < -0.4 is 0 Å². The summed E-state index contributed by atoms with van der Waals surface area (Å²) in [6.45, 7) is 24.3. The summed E-state index contributed by atoms with van der Waals surface area (Å²) >= 11 is 0. The average molecular weight is 357 g/mol. The summed E-state index contributed by atoms with van der Waals surface area (Å²) in [5, 5.41) is 0. The van der Waals surface area contributed by atoms with E-state index in [1.165, 1.54) is 0 Å². The quantitative estimate of drug-likeness (QED) is 0.236. The van der Waals surface area contributed by atoms with Crippen molar-refractivity contribution in [3.8, 4) is 0 Å². The van der Waals surface area contributed by atoms with Crippen molar-refractivity contribution < 1.29 is 17.8 Å². The van der Waals surface area contributed by atoms with Gasteiger partial charge in [-0.25, -0.2) is 0 Å². The van der Waals surface area contributed by atoms with Gasteiger partial charge in [0.25, 0.3) is 0 Å². The van der Waals surface area contributed by atoms with Crippen LogP contribution in [-0.4, -0.2) is 58.4 Å². The average Bonchev–Trinajstić information content (AvgIpc) is 2.54. The Labute approximate surface area is 150 Å². The van der Waals surface area contributed by atoms with Crippen LogP contribution >= 0.6 is 0 Å². The fourth-order valence-electron chi connectivity index (χ4n) is 3.45. The van der Waals surface area contributed by atoms with Gasteiger partial charge in [0.1, 0.15) is 0 Å². The summed E-state index contributed by atoms with van der Waals surface area (Å²) in [5.41, 5.74) is 0.136. The van der Waals surface area contributed by atoms with Crippen molar-refractivity contribution in [2.45, 2.75) is 46.2 Å². The third kappa shape index (κ3) is 5.97. The first kappa shape index (κ1) is 23.3. The summed E-state index contributed by atoms with van der Waals surface area (Å²) < 4.78 is 19.5. The molecule has 4 nitrogen and oxygen atoms in total. The lowest BCUT2D eigenvalue weighted by molar-refractivity contribution is -0.927. The second-order valence-corrected chi connectivity index (χ2v) is 8.58. The molecule has 0 bridgehead atoms. The molecular formula is C19H38NO3Si+. The maximum atomic E-state index is 6.25. The Morgan fingerprint density at radius 2 is 1.17 bits per heavy atom. The number of hydrogen-bond donors (Lipinski definition) is 0. The highest BCUT2D eigenvalue weighted by Crippen LogP contribution is 2.30. The number of quaternary nitrogens is 1. The molecule has 140 valence electrons. The number of hydrogen-bond acceptors (Lipinski definition) is 3. The SMILES string of the molecule is C=CC[N+](CC=C)(CC=C)C(CCC)[Si](OCC)(OCC)OCC. The molecule has 0 saturated heterocycles. The Morgan fingerprint density at radius 1 is 0.792 bits per heavy atom. The van der Waals surface area contributed by atoms with Gasteiger partial charge in [-0.15, -0.1) is 0 Å². The predicted octanol–water partition coefficient (Wildman–Crippen LogP) is 4.12. The van der Waals surface area contributed by atoms with Crippen LogP contribution in [0.25, 0.3) is 0 Å². The van der Waals surface area contributed by atoms with Gasteiger partial charge in [0.15, 0.2) is 5.67 Å². The zero-order chi connectivity index (χ0) is 18.5. The normalized spacial score (nSPS) is 13.5. The zero-order valence-corrected chi connectivity index (χ0v) is 17.3. The second kappa shape index (κ2) is 12.6. The highest BCUT2D eigenvalue weighted by atomic mass is 28.4. The first-order valence-corrected chi connectivity index (χ1v) is 11.0. The van der Waals surface area contributed by atoms with Crippen molar-refractivity contribution in [1.29, 1.82) is 0 Å². The summed E-state index contributed by atoms with van der Waals surface area (Å²) in [6, 6.07) is 0. The molecule has 24 heavy (non-hydrogen) atoms. The van der Waals surface area contributed by atoms with Crippen molar-refractivity contribution in [3.05, 3.63) is 38.0 Å². The van der Waals surface area contributed by atoms with Gasteiger partial charge in [-0.3, -0.25) is 0 Å². The van der Waals surface area contributed by atoms with E-state index in [4.69, 9.17) is 13.3 Å². The molecule has 0 amide bonds. The largest absolute Gasteiger partial charge is 0.562 e. The molecule has 0 aromatic heterocycles. The van der Waals surface area contributed by atoms with Gasteiger partial charge in [-0.1, -0.05) is 33.1 Å². The lowest BCUT2D eigenvalue weighted by atomic mass is 10.2. The van der Waals surface area contributed by atoms with Crippen LogP contribution in [0.15, 0.2) is 38.0 Å².